The number of ether oxygens (including phenoxy) is 4. The van der Waals surface area contributed by atoms with Crippen molar-refractivity contribution in [1.29, 1.82) is 0 Å². The minimum absolute atomic E-state index is 1.08. The number of carbonyl (C=O) groups is 2. The Hall–Kier alpha value is -1.42. The van der Waals surface area contributed by atoms with Gasteiger partial charge in [0.2, 0.25) is 0 Å². The molecule has 0 spiro atoms. The molecule has 10 atom stereocenters. The van der Waals surface area contributed by atoms with Crippen molar-refractivity contribution < 1.29 is 64.3 Å². The van der Waals surface area contributed by atoms with Gasteiger partial charge in [-0.3, -0.25) is 0 Å². The van der Waals surface area contributed by atoms with Crippen LogP contribution in [0.1, 0.15) is 0 Å². The smallest absolute Gasteiger partial charge is 0.335 e. The van der Waals surface area contributed by atoms with Crippen molar-refractivity contribution in [1.82, 2.24) is 0 Å². The van der Waals surface area contributed by atoms with Gasteiger partial charge in [-0.05, 0) is 0 Å². The van der Waals surface area contributed by atoms with Gasteiger partial charge in [0.15, 0.2) is 24.8 Å². The first-order valence-electron chi connectivity index (χ1n) is 7.45. The van der Waals surface area contributed by atoms with E-state index in [2.05, 4.69) is 4.74 Å². The molecule has 2 fully saturated rings. The quantitative estimate of drug-likeness (QED) is 0.238. The highest BCUT2D eigenvalue weighted by atomic mass is 16.7. The molecule has 0 bridgehead atoms. The summed E-state index contributed by atoms with van der Waals surface area (Å²) in [4.78, 5) is 22.5. The highest BCUT2D eigenvalue weighted by Crippen LogP contribution is 2.29. The molecule has 0 aromatic rings. The van der Waals surface area contributed by atoms with Gasteiger partial charge in [-0.25, -0.2) is 9.59 Å². The summed E-state index contributed by atoms with van der Waals surface area (Å²) in [5.74, 6) is -3.22. The van der Waals surface area contributed by atoms with Gasteiger partial charge >= 0.3 is 11.9 Å². The van der Waals surface area contributed by atoms with E-state index < -0.39 is 73.4 Å². The molecule has 0 aromatic carbocycles. The molecular formula is C13H20O13. The largest absolute Gasteiger partial charge is 0.479 e. The fourth-order valence-electron chi connectivity index (χ4n) is 2.77. The second kappa shape index (κ2) is 8.08. The van der Waals surface area contributed by atoms with E-state index in [-0.39, 0.29) is 0 Å². The summed E-state index contributed by atoms with van der Waals surface area (Å²) in [6.07, 6.45) is -18.5. The first kappa shape index (κ1) is 20.9. The molecule has 0 amide bonds. The lowest BCUT2D eigenvalue weighted by atomic mass is 9.96. The van der Waals surface area contributed by atoms with Gasteiger partial charge in [0.05, 0.1) is 0 Å². The van der Waals surface area contributed by atoms with Crippen LogP contribution in [0.2, 0.25) is 0 Å². The summed E-state index contributed by atoms with van der Waals surface area (Å²) in [6, 6.07) is 0. The fraction of sp³-hybridized carbons (Fsp3) is 0.846. The highest BCUT2D eigenvalue weighted by Gasteiger charge is 2.53. The Balaban J connectivity index is 2.23. The summed E-state index contributed by atoms with van der Waals surface area (Å²) in [5, 5.41) is 67.3. The van der Waals surface area contributed by atoms with Crippen molar-refractivity contribution in [2.45, 2.75) is 61.4 Å². The molecular weight excluding hydrogens is 364 g/mol. The number of methoxy groups -OCH3 is 1. The number of aliphatic hydroxyl groups excluding tert-OH is 5. The molecule has 13 heteroatoms. The van der Waals surface area contributed by atoms with Crippen LogP contribution in [0.3, 0.4) is 0 Å². The summed E-state index contributed by atoms with van der Waals surface area (Å²) in [7, 11) is 1.08. The zero-order valence-electron chi connectivity index (χ0n) is 13.4. The maximum atomic E-state index is 11.3. The first-order valence-corrected chi connectivity index (χ1v) is 7.45. The molecule has 2 aliphatic heterocycles. The molecule has 7 N–H and O–H groups in total. The topological polar surface area (TPSA) is 213 Å². The van der Waals surface area contributed by atoms with Crippen LogP contribution in [0.25, 0.3) is 0 Å². The maximum absolute atomic E-state index is 11.3. The van der Waals surface area contributed by atoms with E-state index >= 15 is 0 Å². The number of aliphatic carboxylic acids is 2. The van der Waals surface area contributed by atoms with Crippen LogP contribution in [-0.4, -0.2) is 116 Å². The van der Waals surface area contributed by atoms with Crippen LogP contribution in [-0.2, 0) is 28.5 Å². The van der Waals surface area contributed by atoms with Crippen LogP contribution in [0.15, 0.2) is 0 Å². The van der Waals surface area contributed by atoms with Gasteiger partial charge < -0.3 is 54.7 Å². The van der Waals surface area contributed by atoms with Crippen LogP contribution < -0.4 is 0 Å². The molecule has 6 unspecified atom stereocenters. The SMILES string of the molecule is CO[C@@H]1C(C(=O)O)OC(OC2C(C(=O)O)O[C@@H](O)C(O)[C@H]2O)[C@H](O)C1O. The maximum Gasteiger partial charge on any atom is 0.335 e. The van der Waals surface area contributed by atoms with Crippen LogP contribution in [0.5, 0.6) is 0 Å². The molecule has 2 heterocycles. The van der Waals surface area contributed by atoms with E-state index in [0.717, 1.165) is 7.11 Å². The van der Waals surface area contributed by atoms with Gasteiger partial charge in [0.1, 0.15) is 36.6 Å². The molecule has 150 valence electrons. The van der Waals surface area contributed by atoms with Crippen molar-refractivity contribution >= 4 is 11.9 Å². The number of hydrogen-bond acceptors (Lipinski definition) is 11. The van der Waals surface area contributed by atoms with E-state index in [1.165, 1.54) is 0 Å². The van der Waals surface area contributed by atoms with Gasteiger partial charge in [-0.2, -0.15) is 0 Å². The van der Waals surface area contributed by atoms with Gasteiger partial charge in [0, 0.05) is 7.11 Å². The third kappa shape index (κ3) is 3.80. The molecule has 26 heavy (non-hydrogen) atoms. The van der Waals surface area contributed by atoms with Gasteiger partial charge in [-0.15, -0.1) is 0 Å². The van der Waals surface area contributed by atoms with E-state index in [0.29, 0.717) is 0 Å². The number of carboxylic acids is 2. The Morgan fingerprint density at radius 1 is 0.769 bits per heavy atom. The average Bonchev–Trinajstić information content (AvgIpc) is 2.58. The predicted octanol–water partition coefficient (Wildman–Crippen LogP) is -4.56. The Morgan fingerprint density at radius 2 is 1.27 bits per heavy atom. The molecule has 13 nitrogen and oxygen atoms in total. The molecule has 0 aromatic heterocycles. The monoisotopic (exact) mass is 384 g/mol. The Morgan fingerprint density at radius 3 is 1.77 bits per heavy atom. The lowest BCUT2D eigenvalue weighted by Crippen LogP contribution is -2.65. The number of carboxylic acid groups (broad SMARTS) is 2. The molecule has 0 radical (unpaired) electrons. The van der Waals surface area contributed by atoms with Crippen LogP contribution in [0.4, 0.5) is 0 Å². The van der Waals surface area contributed by atoms with Crippen molar-refractivity contribution in [2.75, 3.05) is 7.11 Å². The second-order valence-electron chi connectivity index (χ2n) is 5.81. The lowest BCUT2D eigenvalue weighted by Gasteiger charge is -2.44. The van der Waals surface area contributed by atoms with Crippen LogP contribution in [0, 0.1) is 0 Å². The Kier molecular flexibility index (Phi) is 6.49. The second-order valence-corrected chi connectivity index (χ2v) is 5.81. The van der Waals surface area contributed by atoms with Gasteiger partial charge in [-0.1, -0.05) is 0 Å². The highest BCUT2D eigenvalue weighted by molar-refractivity contribution is 5.74. The van der Waals surface area contributed by atoms with E-state index in [1.807, 2.05) is 0 Å². The van der Waals surface area contributed by atoms with Gasteiger partial charge in [0.25, 0.3) is 0 Å². The zero-order valence-corrected chi connectivity index (χ0v) is 13.4. The third-order valence-corrected chi connectivity index (χ3v) is 4.16. The molecule has 2 aliphatic rings. The molecule has 0 saturated carbocycles. The molecule has 2 saturated heterocycles. The average molecular weight is 384 g/mol. The van der Waals surface area contributed by atoms with Crippen molar-refractivity contribution in [3.05, 3.63) is 0 Å². The number of aliphatic hydroxyl groups is 5. The van der Waals surface area contributed by atoms with E-state index in [9.17, 15) is 35.1 Å². The minimum Gasteiger partial charge on any atom is -0.479 e. The zero-order chi connectivity index (χ0) is 19.8. The fourth-order valence-corrected chi connectivity index (χ4v) is 2.77. The Labute approximate surface area is 145 Å². The molecule has 0 aliphatic carbocycles. The summed E-state index contributed by atoms with van der Waals surface area (Å²) in [5.41, 5.74) is 0. The normalized spacial score (nSPS) is 46.7. The molecule has 2 rings (SSSR count). The number of hydrogen-bond donors (Lipinski definition) is 7. The lowest BCUT2D eigenvalue weighted by molar-refractivity contribution is -0.347. The van der Waals surface area contributed by atoms with E-state index in [4.69, 9.17) is 24.4 Å². The summed E-state index contributed by atoms with van der Waals surface area (Å²) >= 11 is 0. The van der Waals surface area contributed by atoms with Crippen LogP contribution >= 0.6 is 0 Å². The summed E-state index contributed by atoms with van der Waals surface area (Å²) < 4.78 is 19.6. The number of rotatable bonds is 5. The summed E-state index contributed by atoms with van der Waals surface area (Å²) in [6.45, 7) is 0. The van der Waals surface area contributed by atoms with Crippen molar-refractivity contribution in [3.63, 3.8) is 0 Å². The van der Waals surface area contributed by atoms with Crippen molar-refractivity contribution in [2.24, 2.45) is 0 Å². The standard InChI is InChI=1S/C13H20O13/c1-23-6-3(15)5(17)13(26-8(6)10(18)19)25-7-2(14)4(16)12(22)24-9(7)11(20)21/h2-9,12-17,22H,1H3,(H,18,19)(H,20,21)/t2-,3?,4?,5-,6+,7?,8?,9?,12-,13?/m1/s1. The predicted molar refractivity (Wildman–Crippen MR) is 74.5 cm³/mol. The minimum atomic E-state index is -2.02. The Bertz CT molecular complexity index is 526. The first-order chi connectivity index (χ1) is 12.1. The van der Waals surface area contributed by atoms with Crippen molar-refractivity contribution in [3.8, 4) is 0 Å². The third-order valence-electron chi connectivity index (χ3n) is 4.16. The van der Waals surface area contributed by atoms with E-state index in [1.54, 1.807) is 0 Å².